The van der Waals surface area contributed by atoms with Crippen molar-refractivity contribution in [3.8, 4) is 0 Å². The number of hydrogen-bond donors (Lipinski definition) is 0. The number of esters is 2. The van der Waals surface area contributed by atoms with E-state index in [0.29, 0.717) is 5.57 Å². The molecular formula is C14H25O7P. The number of carbonyl (C=O) groups is 2. The van der Waals surface area contributed by atoms with Gasteiger partial charge in [-0.25, -0.2) is 4.79 Å². The van der Waals surface area contributed by atoms with Crippen LogP contribution >= 0.6 is 7.60 Å². The molecule has 128 valence electrons. The van der Waals surface area contributed by atoms with E-state index in [9.17, 15) is 14.2 Å². The van der Waals surface area contributed by atoms with Crippen LogP contribution in [0.4, 0.5) is 0 Å². The molecule has 0 aliphatic carbocycles. The molecule has 0 saturated heterocycles. The quantitative estimate of drug-likeness (QED) is 0.344. The molecule has 0 aliphatic rings. The Labute approximate surface area is 131 Å². The van der Waals surface area contributed by atoms with Crippen LogP contribution in [0.15, 0.2) is 11.6 Å². The number of hydrogen-bond acceptors (Lipinski definition) is 7. The molecule has 0 saturated carbocycles. The average Bonchev–Trinajstić information content (AvgIpc) is 2.45. The summed E-state index contributed by atoms with van der Waals surface area (Å²) >= 11 is 0. The van der Waals surface area contributed by atoms with E-state index in [0.717, 1.165) is 0 Å². The van der Waals surface area contributed by atoms with E-state index in [2.05, 4.69) is 4.74 Å². The zero-order valence-corrected chi connectivity index (χ0v) is 14.7. The molecule has 0 bridgehead atoms. The predicted molar refractivity (Wildman–Crippen MR) is 81.7 cm³/mol. The fraction of sp³-hybridized carbons (Fsp3) is 0.714. The van der Waals surface area contributed by atoms with Gasteiger partial charge in [0, 0.05) is 6.08 Å². The van der Waals surface area contributed by atoms with Crippen LogP contribution in [0, 0.1) is 0 Å². The Morgan fingerprint density at radius 1 is 1.09 bits per heavy atom. The van der Waals surface area contributed by atoms with Crippen molar-refractivity contribution in [1.82, 2.24) is 0 Å². The highest BCUT2D eigenvalue weighted by Gasteiger charge is 2.42. The minimum absolute atomic E-state index is 0.0191. The lowest BCUT2D eigenvalue weighted by atomic mass is 10.1. The first-order valence-corrected chi connectivity index (χ1v) is 8.76. The molecule has 1 unspecified atom stereocenters. The van der Waals surface area contributed by atoms with E-state index in [-0.39, 0.29) is 26.2 Å². The van der Waals surface area contributed by atoms with Crippen molar-refractivity contribution in [2.75, 3.05) is 26.9 Å². The van der Waals surface area contributed by atoms with Crippen LogP contribution in [0.5, 0.6) is 0 Å². The summed E-state index contributed by atoms with van der Waals surface area (Å²) in [5, 5.41) is 0. The third-order valence-electron chi connectivity index (χ3n) is 2.64. The molecule has 0 aliphatic heterocycles. The van der Waals surface area contributed by atoms with E-state index in [1.165, 1.54) is 13.2 Å². The first kappa shape index (κ1) is 20.8. The summed E-state index contributed by atoms with van der Waals surface area (Å²) in [6.45, 7) is 7.01. The molecule has 0 aromatic heterocycles. The molecule has 0 aromatic carbocycles. The van der Waals surface area contributed by atoms with Crippen LogP contribution in [0.25, 0.3) is 0 Å². The largest absolute Gasteiger partial charge is 0.466 e. The molecule has 0 rings (SSSR count). The number of carbonyl (C=O) groups excluding carboxylic acids is 2. The third kappa shape index (κ3) is 6.73. The molecule has 8 heteroatoms. The standard InChI is InChI=1S/C14H25O7P/c1-6-19-14(16)12(9-11(4)10-13(15)18-5)22(17,20-7-2)21-8-3/h10,12H,6-9H2,1-5H3. The molecule has 0 heterocycles. The van der Waals surface area contributed by atoms with Crippen LogP contribution in [0.3, 0.4) is 0 Å². The van der Waals surface area contributed by atoms with Crippen LogP contribution in [-0.4, -0.2) is 44.5 Å². The SMILES string of the molecule is CCOC(=O)C(CC(C)=CC(=O)OC)P(=O)(OCC)OCC. The van der Waals surface area contributed by atoms with E-state index >= 15 is 0 Å². The van der Waals surface area contributed by atoms with E-state index in [1.807, 2.05) is 0 Å². The Morgan fingerprint density at radius 2 is 1.64 bits per heavy atom. The fourth-order valence-electron chi connectivity index (χ4n) is 1.76. The Hall–Kier alpha value is -1.17. The average molecular weight is 336 g/mol. The van der Waals surface area contributed by atoms with Gasteiger partial charge >= 0.3 is 19.5 Å². The number of rotatable bonds is 10. The predicted octanol–water partition coefficient (Wildman–Crippen LogP) is 2.69. The lowest BCUT2D eigenvalue weighted by Crippen LogP contribution is -2.26. The molecule has 0 radical (unpaired) electrons. The normalized spacial score (nSPS) is 13.6. The first-order valence-electron chi connectivity index (χ1n) is 7.15. The number of methoxy groups -OCH3 is 1. The summed E-state index contributed by atoms with van der Waals surface area (Å²) in [4.78, 5) is 23.4. The summed E-state index contributed by atoms with van der Waals surface area (Å²) in [6.07, 6.45) is 1.25. The summed E-state index contributed by atoms with van der Waals surface area (Å²) in [6, 6.07) is 0. The Morgan fingerprint density at radius 3 is 2.05 bits per heavy atom. The molecule has 1 atom stereocenters. The topological polar surface area (TPSA) is 88.1 Å². The van der Waals surface area contributed by atoms with Crippen molar-refractivity contribution in [1.29, 1.82) is 0 Å². The van der Waals surface area contributed by atoms with Crippen molar-refractivity contribution in [2.24, 2.45) is 0 Å². The molecular weight excluding hydrogens is 311 g/mol. The van der Waals surface area contributed by atoms with Gasteiger partial charge in [-0.15, -0.1) is 0 Å². The van der Waals surface area contributed by atoms with Gasteiger partial charge in [0.1, 0.15) is 0 Å². The third-order valence-corrected chi connectivity index (χ3v) is 5.03. The summed E-state index contributed by atoms with van der Waals surface area (Å²) in [5.74, 6) is -1.23. The van der Waals surface area contributed by atoms with Gasteiger partial charge in [0.05, 0.1) is 26.9 Å². The zero-order chi connectivity index (χ0) is 17.2. The molecule has 22 heavy (non-hydrogen) atoms. The van der Waals surface area contributed by atoms with E-state index in [1.54, 1.807) is 27.7 Å². The van der Waals surface area contributed by atoms with Gasteiger partial charge in [0.25, 0.3) is 0 Å². The van der Waals surface area contributed by atoms with Gasteiger partial charge in [-0.2, -0.15) is 0 Å². The van der Waals surface area contributed by atoms with Gasteiger partial charge in [-0.3, -0.25) is 9.36 Å². The summed E-state index contributed by atoms with van der Waals surface area (Å²) < 4.78 is 32.8. The minimum Gasteiger partial charge on any atom is -0.466 e. The molecule has 7 nitrogen and oxygen atoms in total. The van der Waals surface area contributed by atoms with Gasteiger partial charge in [-0.05, 0) is 34.1 Å². The molecule has 0 spiro atoms. The van der Waals surface area contributed by atoms with Crippen molar-refractivity contribution in [3.63, 3.8) is 0 Å². The van der Waals surface area contributed by atoms with Crippen molar-refractivity contribution in [3.05, 3.63) is 11.6 Å². The lowest BCUT2D eigenvalue weighted by Gasteiger charge is -2.25. The molecule has 0 N–H and O–H groups in total. The highest BCUT2D eigenvalue weighted by Crippen LogP contribution is 2.55. The summed E-state index contributed by atoms with van der Waals surface area (Å²) in [7, 11) is -2.44. The Balaban J connectivity index is 5.43. The van der Waals surface area contributed by atoms with Gasteiger partial charge < -0.3 is 18.5 Å². The highest BCUT2D eigenvalue weighted by molar-refractivity contribution is 7.55. The van der Waals surface area contributed by atoms with Gasteiger partial charge in [0.15, 0.2) is 5.66 Å². The molecule has 0 fully saturated rings. The van der Waals surface area contributed by atoms with Gasteiger partial charge in [-0.1, -0.05) is 5.57 Å². The maximum atomic E-state index is 12.8. The van der Waals surface area contributed by atoms with Crippen molar-refractivity contribution in [2.45, 2.75) is 39.8 Å². The number of ether oxygens (including phenoxy) is 2. The highest BCUT2D eigenvalue weighted by atomic mass is 31.2. The summed E-state index contributed by atoms with van der Waals surface area (Å²) in [5.41, 5.74) is -0.599. The second-order valence-corrected chi connectivity index (χ2v) is 6.58. The first-order chi connectivity index (χ1) is 10.3. The van der Waals surface area contributed by atoms with Crippen molar-refractivity contribution >= 4 is 19.5 Å². The Kier molecular flexibility index (Phi) is 9.98. The minimum atomic E-state index is -3.69. The van der Waals surface area contributed by atoms with Crippen LogP contribution in [-0.2, 0) is 32.7 Å². The van der Waals surface area contributed by atoms with E-state index < -0.39 is 25.2 Å². The molecule has 0 aromatic rings. The smallest absolute Gasteiger partial charge is 0.345 e. The monoisotopic (exact) mass is 336 g/mol. The van der Waals surface area contributed by atoms with Crippen molar-refractivity contribution < 1.29 is 32.7 Å². The van der Waals surface area contributed by atoms with E-state index in [4.69, 9.17) is 13.8 Å². The molecule has 0 amide bonds. The zero-order valence-electron chi connectivity index (χ0n) is 13.8. The van der Waals surface area contributed by atoms with Crippen LogP contribution < -0.4 is 0 Å². The maximum Gasteiger partial charge on any atom is 0.345 e. The van der Waals surface area contributed by atoms with Gasteiger partial charge in [0.2, 0.25) is 0 Å². The fourth-order valence-corrected chi connectivity index (χ4v) is 3.76. The number of allylic oxidation sites excluding steroid dienone is 1. The van der Waals surface area contributed by atoms with Crippen LogP contribution in [0.1, 0.15) is 34.1 Å². The Bertz CT molecular complexity index is 434. The lowest BCUT2D eigenvalue weighted by molar-refractivity contribution is -0.143. The second-order valence-electron chi connectivity index (χ2n) is 4.36. The maximum absolute atomic E-state index is 12.8. The van der Waals surface area contributed by atoms with Crippen LogP contribution in [0.2, 0.25) is 0 Å². The second kappa shape index (κ2) is 10.5.